The first-order chi connectivity index (χ1) is 11.8. The van der Waals surface area contributed by atoms with E-state index in [0.29, 0.717) is 0 Å². The monoisotopic (exact) mass is 338 g/mol. The summed E-state index contributed by atoms with van der Waals surface area (Å²) in [6.07, 6.45) is 4.19. The van der Waals surface area contributed by atoms with Crippen molar-refractivity contribution in [3.63, 3.8) is 0 Å². The Balaban J connectivity index is 0.000000815. The summed E-state index contributed by atoms with van der Waals surface area (Å²) in [7, 11) is 0. The molecule has 0 amide bonds. The third-order valence-corrected chi connectivity index (χ3v) is 5.58. The number of aromatic nitrogens is 1. The number of hydrogen-bond donors (Lipinski definition) is 1. The minimum atomic E-state index is 1.01. The highest BCUT2D eigenvalue weighted by Gasteiger charge is 2.23. The molecule has 2 aromatic rings. The van der Waals surface area contributed by atoms with E-state index in [4.69, 9.17) is 4.98 Å². The number of nitrogens with one attached hydrogen (secondary N) is 1. The number of pyridine rings is 1. The third-order valence-electron chi connectivity index (χ3n) is 4.48. The highest BCUT2D eigenvalue weighted by atomic mass is 32.2. The van der Waals surface area contributed by atoms with Gasteiger partial charge in [0, 0.05) is 22.4 Å². The predicted octanol–water partition coefficient (Wildman–Crippen LogP) is 5.21. The minimum absolute atomic E-state index is 1.01. The summed E-state index contributed by atoms with van der Waals surface area (Å²) >= 11 is 1.94. The quantitative estimate of drug-likeness (QED) is 0.714. The molecule has 1 saturated heterocycles. The minimum Gasteiger partial charge on any atom is -0.316 e. The van der Waals surface area contributed by atoms with Crippen molar-refractivity contribution in [2.24, 2.45) is 0 Å². The van der Waals surface area contributed by atoms with Crippen molar-refractivity contribution in [2.75, 3.05) is 13.1 Å². The van der Waals surface area contributed by atoms with Crippen LogP contribution < -0.4 is 5.32 Å². The average molecular weight is 339 g/mol. The van der Waals surface area contributed by atoms with Gasteiger partial charge in [-0.05, 0) is 61.7 Å². The number of rotatable bonds is 0. The number of piperidine rings is 1. The first-order valence-corrected chi connectivity index (χ1v) is 9.92. The lowest BCUT2D eigenvalue weighted by Gasteiger charge is -2.21. The molecule has 1 aromatic heterocycles. The standard InChI is InChI=1S/C19H20N2S.C2H6/c1-13-4-5-16-17(11-13)22-12-15-3-2-8-21-19(15)18(16)14-6-9-20-10-7-14;1-2/h2-5,8,11,20H,6-7,9-10,12H2,1H3;1-2H3. The second-order valence-corrected chi connectivity index (χ2v) is 7.05. The second-order valence-electron chi connectivity index (χ2n) is 6.03. The van der Waals surface area contributed by atoms with E-state index in [2.05, 4.69) is 42.6 Å². The van der Waals surface area contributed by atoms with E-state index < -0.39 is 0 Å². The lowest BCUT2D eigenvalue weighted by Crippen LogP contribution is -2.24. The van der Waals surface area contributed by atoms with Crippen molar-refractivity contribution >= 4 is 17.3 Å². The van der Waals surface area contributed by atoms with Crippen LogP contribution in [0.3, 0.4) is 0 Å². The summed E-state index contributed by atoms with van der Waals surface area (Å²) in [6.45, 7) is 8.33. The fourth-order valence-electron chi connectivity index (χ4n) is 3.36. The van der Waals surface area contributed by atoms with Gasteiger partial charge < -0.3 is 5.32 Å². The van der Waals surface area contributed by atoms with Crippen LogP contribution in [0.4, 0.5) is 0 Å². The summed E-state index contributed by atoms with van der Waals surface area (Å²) < 4.78 is 0. The molecule has 2 aliphatic rings. The van der Waals surface area contributed by atoms with Gasteiger partial charge >= 0.3 is 0 Å². The summed E-state index contributed by atoms with van der Waals surface area (Å²) in [5.74, 6) is 1.01. The van der Waals surface area contributed by atoms with Crippen molar-refractivity contribution in [3.05, 3.63) is 64.5 Å². The van der Waals surface area contributed by atoms with Crippen molar-refractivity contribution in [1.29, 1.82) is 0 Å². The molecule has 0 atom stereocenters. The molecule has 0 bridgehead atoms. The maximum atomic E-state index is 4.77. The van der Waals surface area contributed by atoms with Gasteiger partial charge in [0.1, 0.15) is 0 Å². The van der Waals surface area contributed by atoms with Crippen LogP contribution in [-0.2, 0) is 5.75 Å². The van der Waals surface area contributed by atoms with Crippen LogP contribution in [-0.4, -0.2) is 18.1 Å². The molecule has 24 heavy (non-hydrogen) atoms. The van der Waals surface area contributed by atoms with Crippen LogP contribution in [0.25, 0.3) is 5.57 Å². The van der Waals surface area contributed by atoms with Crippen LogP contribution in [0.5, 0.6) is 0 Å². The van der Waals surface area contributed by atoms with Crippen LogP contribution in [0.2, 0.25) is 0 Å². The molecule has 0 aliphatic carbocycles. The zero-order valence-electron chi connectivity index (χ0n) is 14.9. The van der Waals surface area contributed by atoms with Gasteiger partial charge in [0.2, 0.25) is 0 Å². The highest BCUT2D eigenvalue weighted by Crippen LogP contribution is 2.42. The van der Waals surface area contributed by atoms with Crippen LogP contribution in [0, 0.1) is 6.92 Å². The zero-order chi connectivity index (χ0) is 16.9. The molecular weight excluding hydrogens is 312 g/mol. The Labute approximate surface area is 149 Å². The number of nitrogens with zero attached hydrogens (tertiary/aromatic N) is 1. The van der Waals surface area contributed by atoms with Crippen molar-refractivity contribution < 1.29 is 0 Å². The van der Waals surface area contributed by atoms with Crippen molar-refractivity contribution in [1.82, 2.24) is 10.3 Å². The molecule has 4 rings (SSSR count). The lowest BCUT2D eigenvalue weighted by molar-refractivity contribution is 0.611. The molecule has 0 unspecified atom stereocenters. The van der Waals surface area contributed by atoms with Gasteiger partial charge in [-0.2, -0.15) is 0 Å². The molecule has 3 heteroatoms. The van der Waals surface area contributed by atoms with Gasteiger partial charge in [0.25, 0.3) is 0 Å². The summed E-state index contributed by atoms with van der Waals surface area (Å²) in [4.78, 5) is 6.17. The largest absolute Gasteiger partial charge is 0.316 e. The Bertz CT molecular complexity index is 741. The number of fused-ring (bicyclic) bond motifs is 2. The number of benzene rings is 1. The average Bonchev–Trinajstić information content (AvgIpc) is 2.81. The first-order valence-electron chi connectivity index (χ1n) is 8.94. The molecule has 126 valence electrons. The highest BCUT2D eigenvalue weighted by molar-refractivity contribution is 7.98. The Morgan fingerprint density at radius 3 is 2.67 bits per heavy atom. The molecule has 1 fully saturated rings. The van der Waals surface area contributed by atoms with Crippen LogP contribution in [0.1, 0.15) is 49.1 Å². The number of aryl methyl sites for hydroxylation is 1. The molecule has 1 N–H and O–H groups in total. The molecule has 1 aromatic carbocycles. The first kappa shape index (κ1) is 17.2. The predicted molar refractivity (Wildman–Crippen MR) is 104 cm³/mol. The normalized spacial score (nSPS) is 16.5. The Kier molecular flexibility index (Phi) is 5.75. The van der Waals surface area contributed by atoms with Crippen LogP contribution in [0.15, 0.2) is 47.0 Å². The fraction of sp³-hybridized carbons (Fsp3) is 0.381. The zero-order valence-corrected chi connectivity index (χ0v) is 15.7. The molecule has 0 radical (unpaired) electrons. The summed E-state index contributed by atoms with van der Waals surface area (Å²) in [5.41, 5.74) is 8.24. The van der Waals surface area contributed by atoms with Gasteiger partial charge in [-0.1, -0.05) is 37.6 Å². The van der Waals surface area contributed by atoms with E-state index in [1.807, 2.05) is 31.8 Å². The van der Waals surface area contributed by atoms with Gasteiger partial charge in [0.05, 0.1) is 5.69 Å². The van der Waals surface area contributed by atoms with E-state index in [1.165, 1.54) is 32.9 Å². The van der Waals surface area contributed by atoms with E-state index in [9.17, 15) is 0 Å². The van der Waals surface area contributed by atoms with Crippen molar-refractivity contribution in [3.8, 4) is 0 Å². The van der Waals surface area contributed by atoms with E-state index in [-0.39, 0.29) is 0 Å². The molecular formula is C21H26N2S. The molecule has 2 nitrogen and oxygen atoms in total. The summed E-state index contributed by atoms with van der Waals surface area (Å²) in [6, 6.07) is 11.1. The molecule has 0 saturated carbocycles. The number of thioether (sulfide) groups is 1. The van der Waals surface area contributed by atoms with E-state index in [1.54, 1.807) is 5.57 Å². The van der Waals surface area contributed by atoms with Gasteiger partial charge in [-0.3, -0.25) is 4.98 Å². The molecule has 3 heterocycles. The maximum Gasteiger partial charge on any atom is 0.0748 e. The fourth-order valence-corrected chi connectivity index (χ4v) is 4.49. The molecule has 2 aliphatic heterocycles. The Morgan fingerprint density at radius 1 is 1.08 bits per heavy atom. The Morgan fingerprint density at radius 2 is 1.88 bits per heavy atom. The van der Waals surface area contributed by atoms with Gasteiger partial charge in [0.15, 0.2) is 0 Å². The maximum absolute atomic E-state index is 4.77. The Hall–Kier alpha value is -1.58. The van der Waals surface area contributed by atoms with E-state index in [0.717, 1.165) is 31.7 Å². The van der Waals surface area contributed by atoms with Crippen molar-refractivity contribution in [2.45, 2.75) is 44.3 Å². The smallest absolute Gasteiger partial charge is 0.0748 e. The van der Waals surface area contributed by atoms with E-state index >= 15 is 0 Å². The topological polar surface area (TPSA) is 24.9 Å². The second kappa shape index (κ2) is 8.00. The summed E-state index contributed by atoms with van der Waals surface area (Å²) in [5, 5.41) is 3.47. The lowest BCUT2D eigenvalue weighted by atomic mass is 9.89. The number of hydrogen-bond acceptors (Lipinski definition) is 3. The SMILES string of the molecule is CC.Cc1ccc2c(c1)SCc1cccnc1C2=C1CCNCC1. The van der Waals surface area contributed by atoms with Gasteiger partial charge in [-0.15, -0.1) is 11.8 Å². The van der Waals surface area contributed by atoms with Gasteiger partial charge in [-0.25, -0.2) is 0 Å². The third kappa shape index (κ3) is 3.42. The van der Waals surface area contributed by atoms with Crippen LogP contribution >= 0.6 is 11.8 Å². The molecule has 0 spiro atoms.